The zero-order chi connectivity index (χ0) is 52.6. The summed E-state index contributed by atoms with van der Waals surface area (Å²) in [5.74, 6) is -0.506. The molecular weight excluding hydrogens is 1020 g/mol. The third-order valence-corrected chi connectivity index (χ3v) is 13.5. The van der Waals surface area contributed by atoms with Gasteiger partial charge in [-0.2, -0.15) is 45.7 Å². The maximum atomic E-state index is 12.1. The first-order valence-corrected chi connectivity index (χ1v) is 26.9. The number of hydrogen-bond acceptors (Lipinski definition) is 17. The summed E-state index contributed by atoms with van der Waals surface area (Å²) in [6.07, 6.45) is 0. The van der Waals surface area contributed by atoms with Gasteiger partial charge in [-0.1, -0.05) is 48.5 Å². The van der Waals surface area contributed by atoms with E-state index in [1.54, 1.807) is 42.5 Å². The molecule has 0 radical (unpaired) electrons. The van der Waals surface area contributed by atoms with Crippen LogP contribution in [0.3, 0.4) is 0 Å². The minimum absolute atomic E-state index is 0.0584. The Hall–Kier alpha value is -8.97. The molecule has 0 aliphatic heterocycles. The Morgan fingerprint density at radius 1 is 0.333 bits per heavy atom. The monoisotopic (exact) mass is 1060 g/mol. The van der Waals surface area contributed by atoms with Crippen LogP contribution < -0.4 is 16.0 Å². The van der Waals surface area contributed by atoms with E-state index < -0.39 is 41.0 Å². The lowest BCUT2D eigenvalue weighted by Gasteiger charge is -2.15. The number of fused-ring (bicyclic) bond motifs is 2. The SMILES string of the molecule is O=S(=O)(O)CCNc1cc(Nc2ccc(N=Nc3ccc(N=Nc4ccccc4)c4ccccc34)cc2)cc(Nc2ccc(N=Nc3ccc(N=Nc4ccc(S(=O)(=O)O)cc4)c4cc(S(=O)(=O)O)ccc34)cc2)c1. The van der Waals surface area contributed by atoms with Crippen LogP contribution in [0.2, 0.25) is 0 Å². The molecular formula is C52H41N11O9S3. The Kier molecular flexibility index (Phi) is 15.0. The number of anilines is 5. The summed E-state index contributed by atoms with van der Waals surface area (Å²) in [6.45, 7) is -0.0584. The minimum atomic E-state index is -4.60. The summed E-state index contributed by atoms with van der Waals surface area (Å²) in [7, 11) is -13.2. The molecule has 0 heterocycles. The van der Waals surface area contributed by atoms with Gasteiger partial charge in [-0.15, -0.1) is 20.5 Å². The highest BCUT2D eigenvalue weighted by Gasteiger charge is 2.15. The molecule has 0 aromatic heterocycles. The Morgan fingerprint density at radius 2 is 0.707 bits per heavy atom. The molecule has 0 aliphatic rings. The van der Waals surface area contributed by atoms with Crippen molar-refractivity contribution < 1.29 is 38.9 Å². The van der Waals surface area contributed by atoms with Gasteiger partial charge in [0.2, 0.25) is 0 Å². The van der Waals surface area contributed by atoms with Gasteiger partial charge in [-0.05, 0) is 140 Å². The Labute approximate surface area is 429 Å². The van der Waals surface area contributed by atoms with Crippen molar-refractivity contribution in [2.75, 3.05) is 28.2 Å². The van der Waals surface area contributed by atoms with Crippen LogP contribution in [0.4, 0.5) is 73.9 Å². The Bertz CT molecular complexity index is 4050. The van der Waals surface area contributed by atoms with E-state index in [9.17, 15) is 38.9 Å². The van der Waals surface area contributed by atoms with Crippen molar-refractivity contribution in [2.45, 2.75) is 9.79 Å². The normalized spacial score (nSPS) is 12.4. The smallest absolute Gasteiger partial charge is 0.294 e. The van der Waals surface area contributed by atoms with E-state index in [2.05, 4.69) is 56.9 Å². The van der Waals surface area contributed by atoms with Crippen molar-refractivity contribution in [2.24, 2.45) is 40.9 Å². The number of hydrogen-bond donors (Lipinski definition) is 6. The van der Waals surface area contributed by atoms with Gasteiger partial charge in [0.25, 0.3) is 30.4 Å². The summed E-state index contributed by atoms with van der Waals surface area (Å²) < 4.78 is 98.4. The van der Waals surface area contributed by atoms with E-state index in [4.69, 9.17) is 0 Å². The third kappa shape index (κ3) is 13.6. The molecule has 75 heavy (non-hydrogen) atoms. The summed E-state index contributed by atoms with van der Waals surface area (Å²) in [5.41, 5.74) is 7.15. The molecule has 0 aliphatic carbocycles. The first kappa shape index (κ1) is 51.0. The fraction of sp³-hybridized carbons (Fsp3) is 0.0385. The number of nitrogens with zero attached hydrogens (tertiary/aromatic N) is 8. The van der Waals surface area contributed by atoms with E-state index in [0.717, 1.165) is 34.3 Å². The lowest BCUT2D eigenvalue weighted by atomic mass is 10.1. The molecule has 376 valence electrons. The Balaban J connectivity index is 0.903. The standard InChI is InChI=1S/C52H41N11O9S3/c64-73(65,66)29-28-53-40-30-41(54-34-10-14-37(15-11-34)57-61-50-25-24-49(45-8-4-5-9-46(45)50)60-56-36-6-2-1-3-7-36)32-42(31-40)55-35-12-16-38(17-13-35)58-62-51-26-27-52(48-33-44(75(70,71)72)22-23-47(48)51)63-59-39-18-20-43(21-19-39)74(67,68)69/h1-27,30-33,53-55H,28-29H2,(H,64,65,66)(H,67,68,69)(H,70,71,72). The second-order valence-corrected chi connectivity index (χ2v) is 20.8. The van der Waals surface area contributed by atoms with Gasteiger partial charge in [0.15, 0.2) is 0 Å². The highest BCUT2D eigenvalue weighted by Crippen LogP contribution is 2.38. The highest BCUT2D eigenvalue weighted by molar-refractivity contribution is 7.86. The third-order valence-electron chi connectivity index (χ3n) is 11.0. The molecule has 0 fully saturated rings. The molecule has 0 saturated carbocycles. The average molecular weight is 1060 g/mol. The van der Waals surface area contributed by atoms with Crippen LogP contribution in [-0.2, 0) is 30.4 Å². The van der Waals surface area contributed by atoms with Crippen LogP contribution in [0.5, 0.6) is 0 Å². The fourth-order valence-corrected chi connectivity index (χ4v) is 8.80. The molecule has 0 unspecified atom stereocenters. The maximum absolute atomic E-state index is 12.1. The largest absolute Gasteiger partial charge is 0.384 e. The number of azo groups is 4. The second kappa shape index (κ2) is 22.0. The number of nitrogens with one attached hydrogen (secondary N) is 3. The van der Waals surface area contributed by atoms with Gasteiger partial charge in [0.05, 0.1) is 61.0 Å². The molecule has 6 N–H and O–H groups in total. The fourth-order valence-electron chi connectivity index (χ4n) is 7.45. The van der Waals surface area contributed by atoms with Crippen molar-refractivity contribution in [3.05, 3.63) is 188 Å². The van der Waals surface area contributed by atoms with Gasteiger partial charge in [-0.3, -0.25) is 13.7 Å². The maximum Gasteiger partial charge on any atom is 0.294 e. The quantitative estimate of drug-likeness (QED) is 0.0345. The van der Waals surface area contributed by atoms with Crippen LogP contribution in [0.25, 0.3) is 21.5 Å². The molecule has 9 aromatic rings. The molecule has 0 amide bonds. The van der Waals surface area contributed by atoms with Crippen LogP contribution in [0.15, 0.2) is 239 Å². The zero-order valence-corrected chi connectivity index (χ0v) is 41.4. The van der Waals surface area contributed by atoms with Crippen molar-refractivity contribution in [1.29, 1.82) is 0 Å². The molecule has 0 atom stereocenters. The summed E-state index contributed by atoms with van der Waals surface area (Å²) in [4.78, 5) is -0.726. The molecule has 0 spiro atoms. The molecule has 23 heteroatoms. The molecule has 0 bridgehead atoms. The van der Waals surface area contributed by atoms with Crippen LogP contribution in [0.1, 0.15) is 0 Å². The average Bonchev–Trinajstić information content (AvgIpc) is 3.39. The van der Waals surface area contributed by atoms with Crippen LogP contribution >= 0.6 is 0 Å². The van der Waals surface area contributed by atoms with E-state index in [1.807, 2.05) is 97.1 Å². The van der Waals surface area contributed by atoms with Gasteiger partial charge in [0.1, 0.15) is 0 Å². The first-order valence-electron chi connectivity index (χ1n) is 22.4. The van der Waals surface area contributed by atoms with Gasteiger partial charge < -0.3 is 16.0 Å². The van der Waals surface area contributed by atoms with Crippen LogP contribution in [-0.4, -0.2) is 51.2 Å². The molecule has 0 saturated heterocycles. The highest BCUT2D eigenvalue weighted by atomic mass is 32.2. The molecule has 20 nitrogen and oxygen atoms in total. The lowest BCUT2D eigenvalue weighted by molar-refractivity contribution is 0.481. The van der Waals surface area contributed by atoms with E-state index in [-0.39, 0.29) is 28.2 Å². The van der Waals surface area contributed by atoms with E-state index in [1.165, 1.54) is 36.4 Å². The van der Waals surface area contributed by atoms with E-state index >= 15 is 0 Å². The number of rotatable bonds is 18. The topological polar surface area (TPSA) is 298 Å². The first-order chi connectivity index (χ1) is 36.0. The molecule has 9 aromatic carbocycles. The van der Waals surface area contributed by atoms with Crippen LogP contribution in [0, 0.1) is 0 Å². The van der Waals surface area contributed by atoms with Crippen molar-refractivity contribution in [3.8, 4) is 0 Å². The minimum Gasteiger partial charge on any atom is -0.384 e. The van der Waals surface area contributed by atoms with Gasteiger partial charge in [-0.25, -0.2) is 0 Å². The van der Waals surface area contributed by atoms with E-state index in [0.29, 0.717) is 56.6 Å². The number of benzene rings is 9. The predicted molar refractivity (Wildman–Crippen MR) is 288 cm³/mol. The van der Waals surface area contributed by atoms with Crippen molar-refractivity contribution in [3.63, 3.8) is 0 Å². The summed E-state index contributed by atoms with van der Waals surface area (Å²) in [6, 6.07) is 52.6. The van der Waals surface area contributed by atoms with Crippen molar-refractivity contribution in [1.82, 2.24) is 0 Å². The summed E-state index contributed by atoms with van der Waals surface area (Å²) in [5, 5.41) is 47.2. The predicted octanol–water partition coefficient (Wildman–Crippen LogP) is 14.9. The zero-order valence-electron chi connectivity index (χ0n) is 38.9. The summed E-state index contributed by atoms with van der Waals surface area (Å²) >= 11 is 0. The Morgan fingerprint density at radius 3 is 1.15 bits per heavy atom. The second-order valence-electron chi connectivity index (χ2n) is 16.4. The van der Waals surface area contributed by atoms with Gasteiger partial charge >= 0.3 is 0 Å². The lowest BCUT2D eigenvalue weighted by Crippen LogP contribution is -2.14. The molecule has 9 rings (SSSR count). The van der Waals surface area contributed by atoms with Gasteiger partial charge in [0, 0.05) is 56.5 Å². The van der Waals surface area contributed by atoms with Crippen molar-refractivity contribution >= 4 is 126 Å².